The highest BCUT2D eigenvalue weighted by atomic mass is 16.5. The van der Waals surface area contributed by atoms with Gasteiger partial charge in [-0.05, 0) is 124 Å². The van der Waals surface area contributed by atoms with Gasteiger partial charge in [0.15, 0.2) is 0 Å². The van der Waals surface area contributed by atoms with Gasteiger partial charge in [0.2, 0.25) is 0 Å². The molecule has 9 aromatic rings. The van der Waals surface area contributed by atoms with E-state index in [1.165, 1.54) is 44.2 Å². The molecule has 0 aliphatic rings. The Morgan fingerprint density at radius 3 is 1.67 bits per heavy atom. The Balaban J connectivity index is 1.28. The van der Waals surface area contributed by atoms with Gasteiger partial charge in [-0.2, -0.15) is 0 Å². The van der Waals surface area contributed by atoms with E-state index in [9.17, 15) is 0 Å². The molecule has 0 fully saturated rings. The van der Waals surface area contributed by atoms with Gasteiger partial charge >= 0.3 is 0 Å². The van der Waals surface area contributed by atoms with Gasteiger partial charge in [0, 0.05) is 33.9 Å². The fraction of sp³-hybridized carbons (Fsp3) is 0.312. The number of rotatable bonds is 9. The second kappa shape index (κ2) is 17.1. The molecule has 0 saturated carbocycles. The van der Waals surface area contributed by atoms with Crippen LogP contribution in [0.3, 0.4) is 0 Å². The van der Waals surface area contributed by atoms with Gasteiger partial charge in [-0.15, -0.1) is 0 Å². The van der Waals surface area contributed by atoms with Gasteiger partial charge in [-0.25, -0.2) is 4.98 Å². The van der Waals surface area contributed by atoms with E-state index in [2.05, 4.69) is 269 Å². The summed E-state index contributed by atoms with van der Waals surface area (Å²) in [6.07, 6.45) is 5.79. The maximum absolute atomic E-state index is 7.36. The molecular weight excluding hydrogens is 841 g/mol. The van der Waals surface area contributed by atoms with E-state index >= 15 is 0 Å². The van der Waals surface area contributed by atoms with Gasteiger partial charge < -0.3 is 4.74 Å². The predicted molar refractivity (Wildman–Crippen MR) is 288 cm³/mol. The Labute approximate surface area is 411 Å². The SMILES string of the molecule is Cc1c(C)[n+](-c2cc(C(C)(C)C)cc(C(C)(C)C)c2)[c-]n1-c1cc(Oc2cc(C(C)(C)c3ccccc3)c3c4ccccc4n(-c4cc(C(C)(C)C)ccn4)c3c2)cc(C(C)(C)c2ccccc2)c1. The van der Waals surface area contributed by atoms with Crippen LogP contribution < -0.4 is 9.30 Å². The van der Waals surface area contributed by atoms with Crippen molar-refractivity contribution in [3.63, 3.8) is 0 Å². The summed E-state index contributed by atoms with van der Waals surface area (Å²) >= 11 is 0. The molecule has 0 unspecified atom stereocenters. The summed E-state index contributed by atoms with van der Waals surface area (Å²) in [6, 6.07) is 53.0. The van der Waals surface area contributed by atoms with Crippen molar-refractivity contribution in [3.8, 4) is 28.7 Å². The number of nitrogens with zero attached hydrogens (tertiary/aromatic N) is 4. The first-order valence-corrected chi connectivity index (χ1v) is 24.6. The Morgan fingerprint density at radius 1 is 0.493 bits per heavy atom. The van der Waals surface area contributed by atoms with Gasteiger partial charge in [0.05, 0.1) is 33.8 Å². The summed E-state index contributed by atoms with van der Waals surface area (Å²) in [5, 5.41) is 2.37. The van der Waals surface area contributed by atoms with Gasteiger partial charge in [0.1, 0.15) is 17.3 Å². The van der Waals surface area contributed by atoms with E-state index < -0.39 is 5.41 Å². The minimum Gasteiger partial charge on any atom is -0.458 e. The molecule has 5 heteroatoms. The highest BCUT2D eigenvalue weighted by molar-refractivity contribution is 6.11. The van der Waals surface area contributed by atoms with Crippen LogP contribution in [0.4, 0.5) is 0 Å². The minimum absolute atomic E-state index is 0.0216. The molecule has 0 aliphatic heterocycles. The Morgan fingerprint density at radius 2 is 1.06 bits per heavy atom. The zero-order valence-electron chi connectivity index (χ0n) is 43.6. The molecule has 0 saturated heterocycles. The number of hydrogen-bond acceptors (Lipinski definition) is 2. The minimum atomic E-state index is -0.393. The lowest BCUT2D eigenvalue weighted by Crippen LogP contribution is -2.33. The molecule has 5 nitrogen and oxygen atoms in total. The summed E-state index contributed by atoms with van der Waals surface area (Å²) < 4.78 is 14.1. The Bertz CT molecular complexity index is 3330. The van der Waals surface area contributed by atoms with Crippen LogP contribution in [0.2, 0.25) is 0 Å². The maximum Gasteiger partial charge on any atom is 0.269 e. The lowest BCUT2D eigenvalue weighted by molar-refractivity contribution is -0.606. The monoisotopic (exact) mass is 911 g/mol. The summed E-state index contributed by atoms with van der Waals surface area (Å²) in [5.74, 6) is 2.39. The number of ether oxygens (including phenoxy) is 1. The van der Waals surface area contributed by atoms with Crippen LogP contribution in [-0.2, 0) is 27.1 Å². The van der Waals surface area contributed by atoms with Crippen molar-refractivity contribution in [2.45, 2.75) is 131 Å². The van der Waals surface area contributed by atoms with Crippen molar-refractivity contribution in [1.82, 2.24) is 14.1 Å². The number of imidazole rings is 1. The number of pyridine rings is 1. The molecule has 352 valence electrons. The number of fused-ring (bicyclic) bond motifs is 3. The van der Waals surface area contributed by atoms with Gasteiger partial charge in [-0.1, -0.05) is 175 Å². The number of aromatic nitrogens is 4. The van der Waals surface area contributed by atoms with Crippen molar-refractivity contribution in [2.24, 2.45) is 0 Å². The smallest absolute Gasteiger partial charge is 0.269 e. The normalized spacial score (nSPS) is 12.9. The van der Waals surface area contributed by atoms with E-state index in [1.54, 1.807) is 0 Å². The first-order valence-electron chi connectivity index (χ1n) is 24.6. The number of hydrogen-bond donors (Lipinski definition) is 0. The van der Waals surface area contributed by atoms with Crippen LogP contribution in [0.5, 0.6) is 11.5 Å². The van der Waals surface area contributed by atoms with Crippen molar-refractivity contribution in [1.29, 1.82) is 0 Å². The molecular formula is C64H70N4O. The van der Waals surface area contributed by atoms with E-state index in [-0.39, 0.29) is 21.7 Å². The van der Waals surface area contributed by atoms with E-state index in [4.69, 9.17) is 9.72 Å². The average molecular weight is 911 g/mol. The fourth-order valence-electron chi connectivity index (χ4n) is 9.86. The molecule has 6 aromatic carbocycles. The standard InChI is InChI=1S/C64H70N4O/c1-42-43(2)67(41-66(42)50-33-47(61(6,7)8)32-48(34-50)62(9,10)11)51-35-49(63(12,13)44-24-18-16-19-25-44)36-52(38-51)69-53-39-55(64(14,15)45-26-20-17-21-27-45)59-54-28-22-23-29-56(54)68(57(59)40-53)58-37-46(30-31-65-58)60(3,4)5/h16-40H,1-15H3. The van der Waals surface area contributed by atoms with Crippen LogP contribution in [0.15, 0.2) is 152 Å². The molecule has 0 atom stereocenters. The molecule has 3 heterocycles. The quantitative estimate of drug-likeness (QED) is 0.107. The van der Waals surface area contributed by atoms with Crippen LogP contribution in [0.1, 0.15) is 140 Å². The largest absolute Gasteiger partial charge is 0.458 e. The molecule has 0 radical (unpaired) electrons. The molecule has 0 aliphatic carbocycles. The molecule has 0 bridgehead atoms. The van der Waals surface area contributed by atoms with E-state index in [0.717, 1.165) is 56.7 Å². The summed E-state index contributed by atoms with van der Waals surface area (Å²) in [5.41, 5.74) is 14.3. The lowest BCUT2D eigenvalue weighted by Gasteiger charge is -2.29. The van der Waals surface area contributed by atoms with E-state index in [1.807, 2.05) is 6.20 Å². The lowest BCUT2D eigenvalue weighted by atomic mass is 9.76. The molecule has 0 N–H and O–H groups in total. The highest BCUT2D eigenvalue weighted by Crippen LogP contribution is 2.45. The van der Waals surface area contributed by atoms with Crippen molar-refractivity contribution in [3.05, 3.63) is 208 Å². The predicted octanol–water partition coefficient (Wildman–Crippen LogP) is 16.0. The molecule has 69 heavy (non-hydrogen) atoms. The zero-order chi connectivity index (χ0) is 49.4. The van der Waals surface area contributed by atoms with Gasteiger partial charge in [0.25, 0.3) is 6.33 Å². The number of benzene rings is 6. The van der Waals surface area contributed by atoms with Crippen molar-refractivity contribution < 1.29 is 9.30 Å². The average Bonchev–Trinajstić information content (AvgIpc) is 3.80. The Kier molecular flexibility index (Phi) is 11.7. The summed E-state index contributed by atoms with van der Waals surface area (Å²) in [4.78, 5) is 5.06. The summed E-state index contributed by atoms with van der Waals surface area (Å²) in [7, 11) is 0. The maximum atomic E-state index is 7.36. The highest BCUT2D eigenvalue weighted by Gasteiger charge is 2.31. The van der Waals surface area contributed by atoms with E-state index in [0.29, 0.717) is 0 Å². The van der Waals surface area contributed by atoms with Crippen LogP contribution in [0.25, 0.3) is 39.0 Å². The third-order valence-corrected chi connectivity index (χ3v) is 14.7. The fourth-order valence-corrected chi connectivity index (χ4v) is 9.86. The first-order chi connectivity index (χ1) is 32.4. The molecule has 3 aromatic heterocycles. The van der Waals surface area contributed by atoms with Crippen molar-refractivity contribution >= 4 is 21.8 Å². The van der Waals surface area contributed by atoms with Crippen molar-refractivity contribution in [2.75, 3.05) is 0 Å². The zero-order valence-corrected chi connectivity index (χ0v) is 43.6. The summed E-state index contributed by atoms with van der Waals surface area (Å²) in [6.45, 7) is 34.2. The Hall–Kier alpha value is -6.72. The first kappa shape index (κ1) is 47.4. The number of para-hydroxylation sites is 1. The molecule has 0 amide bonds. The van der Waals surface area contributed by atoms with Crippen LogP contribution in [-0.4, -0.2) is 14.1 Å². The molecule has 9 rings (SSSR count). The second-order valence-electron chi connectivity index (χ2n) is 23.4. The molecule has 0 spiro atoms. The second-order valence-corrected chi connectivity index (χ2v) is 23.4. The van der Waals surface area contributed by atoms with Crippen LogP contribution >= 0.6 is 0 Å². The van der Waals surface area contributed by atoms with Gasteiger partial charge in [-0.3, -0.25) is 13.7 Å². The third kappa shape index (κ3) is 8.82. The topological polar surface area (TPSA) is 35.9 Å². The van der Waals surface area contributed by atoms with Crippen LogP contribution in [0, 0.1) is 20.2 Å². The third-order valence-electron chi connectivity index (χ3n) is 14.7.